The van der Waals surface area contributed by atoms with Gasteiger partial charge in [-0.15, -0.1) is 0 Å². The second-order valence-electron chi connectivity index (χ2n) is 5.22. The maximum absolute atomic E-state index is 12.3. The fourth-order valence-corrected chi connectivity index (χ4v) is 2.25. The highest BCUT2D eigenvalue weighted by Crippen LogP contribution is 2.24. The summed E-state index contributed by atoms with van der Waals surface area (Å²) in [5, 5.41) is 11.3. The van der Waals surface area contributed by atoms with Crippen LogP contribution in [0.15, 0.2) is 36.4 Å². The van der Waals surface area contributed by atoms with Crippen LogP contribution in [-0.4, -0.2) is 42.7 Å². The Morgan fingerprint density at radius 1 is 1.33 bits per heavy atom. The number of ether oxygens (including phenoxy) is 1. The van der Waals surface area contributed by atoms with Crippen molar-refractivity contribution < 1.29 is 14.6 Å². The molecule has 4 heteroatoms. The van der Waals surface area contributed by atoms with Gasteiger partial charge in [0.1, 0.15) is 5.75 Å². The minimum absolute atomic E-state index is 0.00753. The van der Waals surface area contributed by atoms with Gasteiger partial charge in [0.05, 0.1) is 26.2 Å². The van der Waals surface area contributed by atoms with Crippen LogP contribution in [0.1, 0.15) is 12.5 Å². The van der Waals surface area contributed by atoms with Gasteiger partial charge in [0.25, 0.3) is 0 Å². The van der Waals surface area contributed by atoms with E-state index >= 15 is 0 Å². The van der Waals surface area contributed by atoms with Crippen LogP contribution in [0.25, 0.3) is 10.8 Å². The van der Waals surface area contributed by atoms with Gasteiger partial charge in [-0.1, -0.05) is 24.3 Å². The molecule has 0 aliphatic carbocycles. The van der Waals surface area contributed by atoms with Crippen LogP contribution in [0, 0.1) is 0 Å². The topological polar surface area (TPSA) is 49.8 Å². The van der Waals surface area contributed by atoms with E-state index in [9.17, 15) is 4.79 Å². The first-order chi connectivity index (χ1) is 10.1. The molecule has 4 nitrogen and oxygen atoms in total. The highest BCUT2D eigenvalue weighted by Gasteiger charge is 2.16. The van der Waals surface area contributed by atoms with Gasteiger partial charge in [-0.3, -0.25) is 4.79 Å². The van der Waals surface area contributed by atoms with Gasteiger partial charge in [0.15, 0.2) is 0 Å². The molecule has 0 fully saturated rings. The van der Waals surface area contributed by atoms with Crippen LogP contribution in [0.2, 0.25) is 0 Å². The number of amides is 1. The Morgan fingerprint density at radius 3 is 2.76 bits per heavy atom. The first-order valence-electron chi connectivity index (χ1n) is 6.99. The molecule has 2 aromatic rings. The van der Waals surface area contributed by atoms with Crippen molar-refractivity contribution in [2.24, 2.45) is 0 Å². The van der Waals surface area contributed by atoms with Crippen molar-refractivity contribution in [3.63, 3.8) is 0 Å². The lowest BCUT2D eigenvalue weighted by Crippen LogP contribution is -2.38. The van der Waals surface area contributed by atoms with Crippen molar-refractivity contribution in [2.75, 3.05) is 20.8 Å². The summed E-state index contributed by atoms with van der Waals surface area (Å²) in [7, 11) is 3.35. The normalized spacial score (nSPS) is 12.2. The number of aliphatic hydroxyl groups excluding tert-OH is 1. The monoisotopic (exact) mass is 287 g/mol. The Hall–Kier alpha value is -2.07. The summed E-state index contributed by atoms with van der Waals surface area (Å²) >= 11 is 0. The van der Waals surface area contributed by atoms with E-state index in [2.05, 4.69) is 0 Å². The number of hydrogen-bond donors (Lipinski definition) is 1. The summed E-state index contributed by atoms with van der Waals surface area (Å²) < 4.78 is 5.26. The number of aliphatic hydroxyl groups is 1. The summed E-state index contributed by atoms with van der Waals surface area (Å²) in [4.78, 5) is 13.9. The number of rotatable bonds is 5. The molecule has 2 rings (SSSR count). The first-order valence-corrected chi connectivity index (χ1v) is 6.99. The summed E-state index contributed by atoms with van der Waals surface area (Å²) in [6.45, 7) is 1.79. The zero-order chi connectivity index (χ0) is 15.4. The largest absolute Gasteiger partial charge is 0.497 e. The molecule has 1 N–H and O–H groups in total. The number of hydrogen-bond acceptors (Lipinski definition) is 3. The Morgan fingerprint density at radius 2 is 2.10 bits per heavy atom. The van der Waals surface area contributed by atoms with Crippen LogP contribution in [0.3, 0.4) is 0 Å². The fourth-order valence-electron chi connectivity index (χ4n) is 2.25. The Bertz CT molecular complexity index is 639. The zero-order valence-electron chi connectivity index (χ0n) is 12.7. The average molecular weight is 287 g/mol. The highest BCUT2D eigenvalue weighted by molar-refractivity contribution is 5.91. The maximum atomic E-state index is 12.3. The molecular formula is C17H21NO3. The smallest absolute Gasteiger partial charge is 0.227 e. The number of nitrogens with zero attached hydrogens (tertiary/aromatic N) is 1. The highest BCUT2D eigenvalue weighted by atomic mass is 16.5. The van der Waals surface area contributed by atoms with E-state index in [0.717, 1.165) is 22.1 Å². The van der Waals surface area contributed by atoms with Crippen LogP contribution >= 0.6 is 0 Å². The number of carbonyl (C=O) groups excluding carboxylic acids is 1. The van der Waals surface area contributed by atoms with Crippen molar-refractivity contribution >= 4 is 16.7 Å². The standard InChI is InChI=1S/C17H21NO3/c1-12(11-19)18(2)17(20)9-14-6-4-5-13-7-8-15(21-3)10-16(13)14/h4-8,10,12,19H,9,11H2,1-3H3. The average Bonchev–Trinajstić information content (AvgIpc) is 2.53. The predicted molar refractivity (Wildman–Crippen MR) is 83.5 cm³/mol. The lowest BCUT2D eigenvalue weighted by atomic mass is 10.0. The van der Waals surface area contributed by atoms with E-state index in [1.807, 2.05) is 43.3 Å². The van der Waals surface area contributed by atoms with E-state index in [-0.39, 0.29) is 18.6 Å². The van der Waals surface area contributed by atoms with E-state index < -0.39 is 0 Å². The summed E-state index contributed by atoms with van der Waals surface area (Å²) in [5.74, 6) is 0.770. The number of likely N-dealkylation sites (N-methyl/N-ethyl adjacent to an activating group) is 1. The van der Waals surface area contributed by atoms with E-state index in [4.69, 9.17) is 9.84 Å². The summed E-state index contributed by atoms with van der Waals surface area (Å²) in [6.07, 6.45) is 0.311. The third kappa shape index (κ3) is 3.34. The second-order valence-corrected chi connectivity index (χ2v) is 5.22. The van der Waals surface area contributed by atoms with Crippen LogP contribution in [0.5, 0.6) is 5.75 Å². The van der Waals surface area contributed by atoms with E-state index in [0.29, 0.717) is 6.42 Å². The van der Waals surface area contributed by atoms with Crippen molar-refractivity contribution in [2.45, 2.75) is 19.4 Å². The van der Waals surface area contributed by atoms with Gasteiger partial charge in [0, 0.05) is 7.05 Å². The molecule has 0 saturated carbocycles. The number of benzene rings is 2. The maximum Gasteiger partial charge on any atom is 0.227 e. The molecule has 0 saturated heterocycles. The van der Waals surface area contributed by atoms with Crippen molar-refractivity contribution in [3.8, 4) is 5.75 Å². The van der Waals surface area contributed by atoms with Crippen molar-refractivity contribution in [3.05, 3.63) is 42.0 Å². The molecule has 0 radical (unpaired) electrons. The molecule has 21 heavy (non-hydrogen) atoms. The van der Waals surface area contributed by atoms with Gasteiger partial charge >= 0.3 is 0 Å². The SMILES string of the molecule is COc1ccc2cccc(CC(=O)N(C)C(C)CO)c2c1. The van der Waals surface area contributed by atoms with Gasteiger partial charge in [0.2, 0.25) is 5.91 Å². The van der Waals surface area contributed by atoms with Crippen molar-refractivity contribution in [1.82, 2.24) is 4.90 Å². The number of methoxy groups -OCH3 is 1. The molecule has 112 valence electrons. The molecule has 2 aromatic carbocycles. The Labute approximate surface area is 124 Å². The fraction of sp³-hybridized carbons (Fsp3) is 0.353. The van der Waals surface area contributed by atoms with E-state index in [1.165, 1.54) is 0 Å². The Balaban J connectivity index is 2.31. The zero-order valence-corrected chi connectivity index (χ0v) is 12.7. The van der Waals surface area contributed by atoms with Crippen LogP contribution < -0.4 is 4.74 Å². The lowest BCUT2D eigenvalue weighted by Gasteiger charge is -2.23. The van der Waals surface area contributed by atoms with Gasteiger partial charge < -0.3 is 14.7 Å². The molecular weight excluding hydrogens is 266 g/mol. The first kappa shape index (κ1) is 15.3. The molecule has 1 atom stereocenters. The second kappa shape index (κ2) is 6.59. The minimum Gasteiger partial charge on any atom is -0.497 e. The van der Waals surface area contributed by atoms with Gasteiger partial charge in [-0.25, -0.2) is 0 Å². The number of fused-ring (bicyclic) bond motifs is 1. The number of carbonyl (C=O) groups is 1. The van der Waals surface area contributed by atoms with E-state index in [1.54, 1.807) is 19.1 Å². The molecule has 1 amide bonds. The van der Waals surface area contributed by atoms with Gasteiger partial charge in [-0.05, 0) is 35.4 Å². The molecule has 0 aliphatic rings. The minimum atomic E-state index is -0.179. The predicted octanol–water partition coefficient (Wildman–Crippen LogP) is 2.23. The lowest BCUT2D eigenvalue weighted by molar-refractivity contribution is -0.131. The Kier molecular flexibility index (Phi) is 4.81. The van der Waals surface area contributed by atoms with Crippen LogP contribution in [-0.2, 0) is 11.2 Å². The molecule has 1 unspecified atom stereocenters. The molecule has 0 aliphatic heterocycles. The third-order valence-corrected chi connectivity index (χ3v) is 3.84. The quantitative estimate of drug-likeness (QED) is 0.917. The third-order valence-electron chi connectivity index (χ3n) is 3.84. The molecule has 0 spiro atoms. The summed E-state index contributed by atoms with van der Waals surface area (Å²) in [6, 6.07) is 11.6. The summed E-state index contributed by atoms with van der Waals surface area (Å²) in [5.41, 5.74) is 0.966. The van der Waals surface area contributed by atoms with Gasteiger partial charge in [-0.2, -0.15) is 0 Å². The molecule has 0 heterocycles. The van der Waals surface area contributed by atoms with Crippen molar-refractivity contribution in [1.29, 1.82) is 0 Å². The molecule has 0 bridgehead atoms. The van der Waals surface area contributed by atoms with Crippen LogP contribution in [0.4, 0.5) is 0 Å². The molecule has 0 aromatic heterocycles.